The number of nitrogens with one attached hydrogen (secondary N) is 2. The Labute approximate surface area is 114 Å². The first-order valence-electron chi connectivity index (χ1n) is 5.69. The molecule has 0 unspecified atom stereocenters. The highest BCUT2D eigenvalue weighted by molar-refractivity contribution is 7.09. The lowest BCUT2D eigenvalue weighted by atomic mass is 10.2. The van der Waals surface area contributed by atoms with Crippen molar-refractivity contribution in [3.05, 3.63) is 46.4 Å². The summed E-state index contributed by atoms with van der Waals surface area (Å²) < 4.78 is 0. The van der Waals surface area contributed by atoms with Gasteiger partial charge in [-0.2, -0.15) is 0 Å². The molecular weight excluding hydrogens is 262 g/mol. The average molecular weight is 275 g/mol. The van der Waals surface area contributed by atoms with Crippen LogP contribution in [0.4, 0.5) is 5.69 Å². The zero-order chi connectivity index (χ0) is 13.7. The first-order valence-corrected chi connectivity index (χ1v) is 6.57. The van der Waals surface area contributed by atoms with E-state index in [2.05, 4.69) is 15.6 Å². The summed E-state index contributed by atoms with van der Waals surface area (Å²) in [6.07, 6.45) is 1.70. The van der Waals surface area contributed by atoms with Crippen molar-refractivity contribution in [1.29, 1.82) is 0 Å². The lowest BCUT2D eigenvalue weighted by Gasteiger charge is -2.05. The molecule has 1 aromatic carbocycles. The molecule has 0 saturated heterocycles. The minimum absolute atomic E-state index is 0.138. The minimum atomic E-state index is -0.162. The van der Waals surface area contributed by atoms with Gasteiger partial charge in [-0.3, -0.25) is 9.59 Å². The van der Waals surface area contributed by atoms with Gasteiger partial charge in [-0.05, 0) is 24.3 Å². The van der Waals surface area contributed by atoms with Crippen molar-refractivity contribution < 1.29 is 9.59 Å². The highest BCUT2D eigenvalue weighted by Gasteiger charge is 2.06. The fourth-order valence-electron chi connectivity index (χ4n) is 1.51. The van der Waals surface area contributed by atoms with Crippen LogP contribution in [-0.2, 0) is 11.3 Å². The van der Waals surface area contributed by atoms with Crippen LogP contribution in [0.2, 0.25) is 0 Å². The maximum Gasteiger partial charge on any atom is 0.251 e. The summed E-state index contributed by atoms with van der Waals surface area (Å²) in [5.74, 6) is -0.300. The Balaban J connectivity index is 1.93. The lowest BCUT2D eigenvalue weighted by Crippen LogP contribution is -2.22. The Morgan fingerprint density at radius 2 is 2.00 bits per heavy atom. The summed E-state index contributed by atoms with van der Waals surface area (Å²) in [6.45, 7) is 1.86. The largest absolute Gasteiger partial charge is 0.346 e. The average Bonchev–Trinajstić information content (AvgIpc) is 2.89. The first kappa shape index (κ1) is 13.2. The summed E-state index contributed by atoms with van der Waals surface area (Å²) in [5.41, 5.74) is 1.22. The molecule has 2 N–H and O–H groups in total. The van der Waals surface area contributed by atoms with Crippen molar-refractivity contribution in [2.45, 2.75) is 13.5 Å². The summed E-state index contributed by atoms with van der Waals surface area (Å²) in [4.78, 5) is 26.8. The maximum absolute atomic E-state index is 11.9. The third-order valence-electron chi connectivity index (χ3n) is 2.35. The molecule has 0 spiro atoms. The molecular formula is C13H13N3O2S. The molecule has 0 aliphatic rings. The molecule has 0 aliphatic carbocycles. The summed E-state index contributed by atoms with van der Waals surface area (Å²) in [6, 6.07) is 6.73. The molecule has 2 aromatic rings. The molecule has 0 saturated carbocycles. The molecule has 2 rings (SSSR count). The Bertz CT molecular complexity index is 564. The van der Waals surface area contributed by atoms with Crippen molar-refractivity contribution in [1.82, 2.24) is 10.3 Å². The van der Waals surface area contributed by atoms with Crippen LogP contribution < -0.4 is 10.6 Å². The molecule has 6 heteroatoms. The van der Waals surface area contributed by atoms with E-state index in [1.807, 2.05) is 5.38 Å². The Morgan fingerprint density at radius 3 is 2.58 bits per heavy atom. The van der Waals surface area contributed by atoms with E-state index in [4.69, 9.17) is 0 Å². The van der Waals surface area contributed by atoms with Gasteiger partial charge >= 0.3 is 0 Å². The molecule has 0 atom stereocenters. The third-order valence-corrected chi connectivity index (χ3v) is 3.13. The number of rotatable bonds is 4. The number of carbonyl (C=O) groups excluding carboxylic acids is 2. The van der Waals surface area contributed by atoms with E-state index in [1.54, 1.807) is 30.5 Å². The van der Waals surface area contributed by atoms with Crippen LogP contribution >= 0.6 is 11.3 Å². The molecule has 19 heavy (non-hydrogen) atoms. The first-order chi connectivity index (χ1) is 9.15. The van der Waals surface area contributed by atoms with E-state index in [1.165, 1.54) is 18.3 Å². The van der Waals surface area contributed by atoms with Crippen LogP contribution in [0, 0.1) is 0 Å². The number of hydrogen-bond acceptors (Lipinski definition) is 4. The number of thiazole rings is 1. The van der Waals surface area contributed by atoms with E-state index in [9.17, 15) is 9.59 Å². The smallest absolute Gasteiger partial charge is 0.251 e. The van der Waals surface area contributed by atoms with Crippen LogP contribution in [0.3, 0.4) is 0 Å². The maximum atomic E-state index is 11.9. The Kier molecular flexibility index (Phi) is 4.25. The van der Waals surface area contributed by atoms with Gasteiger partial charge in [0.05, 0.1) is 6.54 Å². The number of hydrogen-bond donors (Lipinski definition) is 2. The van der Waals surface area contributed by atoms with E-state index in [-0.39, 0.29) is 11.8 Å². The lowest BCUT2D eigenvalue weighted by molar-refractivity contribution is -0.114. The molecule has 0 fully saturated rings. The van der Waals surface area contributed by atoms with Crippen LogP contribution in [0.25, 0.3) is 0 Å². The van der Waals surface area contributed by atoms with Gasteiger partial charge in [0.1, 0.15) is 5.01 Å². The van der Waals surface area contributed by atoms with Gasteiger partial charge in [0, 0.05) is 29.8 Å². The van der Waals surface area contributed by atoms with Gasteiger partial charge in [0.15, 0.2) is 0 Å². The predicted octanol–water partition coefficient (Wildman–Crippen LogP) is 2.03. The summed E-state index contributed by atoms with van der Waals surface area (Å²) in [7, 11) is 0. The van der Waals surface area contributed by atoms with E-state index in [0.29, 0.717) is 17.8 Å². The van der Waals surface area contributed by atoms with E-state index in [0.717, 1.165) is 5.01 Å². The molecule has 1 heterocycles. The van der Waals surface area contributed by atoms with Crippen LogP contribution in [0.15, 0.2) is 35.8 Å². The zero-order valence-electron chi connectivity index (χ0n) is 10.3. The molecule has 1 aromatic heterocycles. The standard InChI is InChI=1S/C13H13N3O2S/c1-9(17)16-11-4-2-10(3-5-11)13(18)15-8-12-14-6-7-19-12/h2-7H,8H2,1H3,(H,15,18)(H,16,17). The second-order valence-electron chi connectivity index (χ2n) is 3.87. The third kappa shape index (κ3) is 3.89. The van der Waals surface area contributed by atoms with Crippen molar-refractivity contribution >= 4 is 28.8 Å². The minimum Gasteiger partial charge on any atom is -0.346 e. The fourth-order valence-corrected chi connectivity index (χ4v) is 2.06. The number of nitrogens with zero attached hydrogens (tertiary/aromatic N) is 1. The number of aromatic nitrogens is 1. The van der Waals surface area contributed by atoms with Gasteiger partial charge in [-0.1, -0.05) is 0 Å². The number of amides is 2. The number of anilines is 1. The Morgan fingerprint density at radius 1 is 1.26 bits per heavy atom. The topological polar surface area (TPSA) is 71.1 Å². The van der Waals surface area contributed by atoms with Crippen molar-refractivity contribution in [3.8, 4) is 0 Å². The van der Waals surface area contributed by atoms with Crippen molar-refractivity contribution in [2.75, 3.05) is 5.32 Å². The molecule has 5 nitrogen and oxygen atoms in total. The molecule has 98 valence electrons. The van der Waals surface area contributed by atoms with Gasteiger partial charge in [-0.15, -0.1) is 11.3 Å². The fraction of sp³-hybridized carbons (Fsp3) is 0.154. The summed E-state index contributed by atoms with van der Waals surface area (Å²) in [5, 5.41) is 8.16. The summed E-state index contributed by atoms with van der Waals surface area (Å²) >= 11 is 1.50. The predicted molar refractivity (Wildman–Crippen MR) is 74.0 cm³/mol. The normalized spacial score (nSPS) is 9.95. The highest BCUT2D eigenvalue weighted by Crippen LogP contribution is 2.10. The van der Waals surface area contributed by atoms with Gasteiger partial charge in [0.25, 0.3) is 5.91 Å². The quantitative estimate of drug-likeness (QED) is 0.897. The second-order valence-corrected chi connectivity index (χ2v) is 4.85. The van der Waals surface area contributed by atoms with Gasteiger partial charge in [-0.25, -0.2) is 4.98 Å². The molecule has 0 aliphatic heterocycles. The van der Waals surface area contributed by atoms with Crippen molar-refractivity contribution in [2.24, 2.45) is 0 Å². The number of benzene rings is 1. The van der Waals surface area contributed by atoms with Crippen LogP contribution in [0.5, 0.6) is 0 Å². The van der Waals surface area contributed by atoms with E-state index >= 15 is 0 Å². The van der Waals surface area contributed by atoms with Crippen LogP contribution in [0.1, 0.15) is 22.3 Å². The zero-order valence-corrected chi connectivity index (χ0v) is 11.2. The Hall–Kier alpha value is -2.21. The monoisotopic (exact) mass is 275 g/mol. The van der Waals surface area contributed by atoms with Gasteiger partial charge in [0.2, 0.25) is 5.91 Å². The SMILES string of the molecule is CC(=O)Nc1ccc(C(=O)NCc2nccs2)cc1. The van der Waals surface area contributed by atoms with Gasteiger partial charge < -0.3 is 10.6 Å². The second kappa shape index (κ2) is 6.10. The van der Waals surface area contributed by atoms with E-state index < -0.39 is 0 Å². The highest BCUT2D eigenvalue weighted by atomic mass is 32.1. The van der Waals surface area contributed by atoms with Crippen LogP contribution in [-0.4, -0.2) is 16.8 Å². The molecule has 2 amide bonds. The number of carbonyl (C=O) groups is 2. The molecule has 0 bridgehead atoms. The molecule has 0 radical (unpaired) electrons. The van der Waals surface area contributed by atoms with Crippen molar-refractivity contribution in [3.63, 3.8) is 0 Å².